The van der Waals surface area contributed by atoms with Crippen LogP contribution in [0.15, 0.2) is 11.6 Å². The molecule has 12 heavy (non-hydrogen) atoms. The van der Waals surface area contributed by atoms with Crippen molar-refractivity contribution >= 4 is 5.91 Å². The highest BCUT2D eigenvalue weighted by atomic mass is 16.1. The Morgan fingerprint density at radius 2 is 2.08 bits per heavy atom. The summed E-state index contributed by atoms with van der Waals surface area (Å²) < 4.78 is 0. The Hall–Kier alpha value is -0.790. The van der Waals surface area contributed by atoms with Gasteiger partial charge in [-0.2, -0.15) is 0 Å². The highest BCUT2D eigenvalue weighted by Gasteiger charge is 1.99. The second-order valence-corrected chi connectivity index (χ2v) is 3.44. The van der Waals surface area contributed by atoms with Crippen molar-refractivity contribution in [3.8, 4) is 0 Å². The lowest BCUT2D eigenvalue weighted by atomic mass is 10.1. The van der Waals surface area contributed by atoms with Crippen molar-refractivity contribution in [3.05, 3.63) is 11.6 Å². The van der Waals surface area contributed by atoms with Crippen LogP contribution in [0.25, 0.3) is 0 Å². The van der Waals surface area contributed by atoms with E-state index in [1.54, 1.807) is 7.05 Å². The van der Waals surface area contributed by atoms with E-state index in [1.807, 2.05) is 13.0 Å². The van der Waals surface area contributed by atoms with Crippen molar-refractivity contribution < 1.29 is 4.79 Å². The monoisotopic (exact) mass is 169 g/mol. The van der Waals surface area contributed by atoms with Gasteiger partial charge < -0.3 is 5.32 Å². The Labute approximate surface area is 75.0 Å². The molecule has 0 radical (unpaired) electrons. The van der Waals surface area contributed by atoms with Gasteiger partial charge in [0, 0.05) is 12.6 Å². The van der Waals surface area contributed by atoms with Crippen LogP contribution in [-0.4, -0.2) is 13.0 Å². The molecule has 1 N–H and O–H groups in total. The molecule has 1 amide bonds. The first-order chi connectivity index (χ1) is 5.57. The van der Waals surface area contributed by atoms with Gasteiger partial charge in [-0.25, -0.2) is 0 Å². The molecular weight excluding hydrogens is 150 g/mol. The van der Waals surface area contributed by atoms with Crippen LogP contribution >= 0.6 is 0 Å². The molecule has 0 rings (SSSR count). The predicted molar refractivity (Wildman–Crippen MR) is 51.9 cm³/mol. The fourth-order valence-corrected chi connectivity index (χ4v) is 0.923. The van der Waals surface area contributed by atoms with Gasteiger partial charge >= 0.3 is 0 Å². The zero-order valence-corrected chi connectivity index (χ0v) is 8.48. The summed E-state index contributed by atoms with van der Waals surface area (Å²) in [7, 11) is 1.65. The van der Waals surface area contributed by atoms with Crippen molar-refractivity contribution in [2.75, 3.05) is 7.05 Å². The van der Waals surface area contributed by atoms with Gasteiger partial charge in [-0.1, -0.05) is 19.9 Å². The second kappa shape index (κ2) is 5.81. The predicted octanol–water partition coefficient (Wildman–Crippen LogP) is 2.11. The van der Waals surface area contributed by atoms with Crippen molar-refractivity contribution in [1.29, 1.82) is 0 Å². The Balaban J connectivity index is 3.76. The molecule has 0 saturated carbocycles. The maximum Gasteiger partial charge on any atom is 0.246 e. The SMILES string of the molecule is CNC(=O)/C(C)=C\CCC(C)C. The largest absolute Gasteiger partial charge is 0.355 e. The van der Waals surface area contributed by atoms with Crippen molar-refractivity contribution in [1.82, 2.24) is 5.32 Å². The van der Waals surface area contributed by atoms with Gasteiger partial charge in [-0.3, -0.25) is 4.79 Å². The molecule has 0 fully saturated rings. The zero-order valence-electron chi connectivity index (χ0n) is 8.48. The molecule has 0 aromatic heterocycles. The van der Waals surface area contributed by atoms with E-state index in [-0.39, 0.29) is 5.91 Å². The molecular formula is C10H19NO. The number of hydrogen-bond acceptors (Lipinski definition) is 1. The molecule has 0 spiro atoms. The van der Waals surface area contributed by atoms with Crippen molar-refractivity contribution in [2.45, 2.75) is 33.6 Å². The molecule has 0 aliphatic carbocycles. The maximum atomic E-state index is 11.0. The number of hydrogen-bond donors (Lipinski definition) is 1. The average Bonchev–Trinajstić information content (AvgIpc) is 2.02. The van der Waals surface area contributed by atoms with Gasteiger partial charge in [0.05, 0.1) is 0 Å². The third kappa shape index (κ3) is 4.94. The molecule has 0 unspecified atom stereocenters. The van der Waals surface area contributed by atoms with Gasteiger partial charge in [-0.15, -0.1) is 0 Å². The summed E-state index contributed by atoms with van der Waals surface area (Å²) in [6.45, 7) is 6.21. The quantitative estimate of drug-likeness (QED) is 0.642. The van der Waals surface area contributed by atoms with Crippen LogP contribution in [0.2, 0.25) is 0 Å². The van der Waals surface area contributed by atoms with Gasteiger partial charge in [0.15, 0.2) is 0 Å². The van der Waals surface area contributed by atoms with Crippen LogP contribution in [0, 0.1) is 5.92 Å². The number of carbonyl (C=O) groups is 1. The van der Waals surface area contributed by atoms with Crippen LogP contribution in [0.3, 0.4) is 0 Å². The molecule has 0 aliphatic heterocycles. The topological polar surface area (TPSA) is 29.1 Å². The molecule has 0 aliphatic rings. The minimum atomic E-state index is 0.0266. The third-order valence-corrected chi connectivity index (χ3v) is 1.78. The fraction of sp³-hybridized carbons (Fsp3) is 0.700. The molecule has 2 nitrogen and oxygen atoms in total. The molecule has 0 aromatic carbocycles. The zero-order chi connectivity index (χ0) is 9.56. The van der Waals surface area contributed by atoms with Crippen LogP contribution in [0.4, 0.5) is 0 Å². The molecule has 2 heteroatoms. The summed E-state index contributed by atoms with van der Waals surface area (Å²) >= 11 is 0. The highest BCUT2D eigenvalue weighted by Crippen LogP contribution is 2.06. The minimum Gasteiger partial charge on any atom is -0.355 e. The standard InChI is InChI=1S/C10H19NO/c1-8(2)6-5-7-9(3)10(12)11-4/h7-8H,5-6H2,1-4H3,(H,11,12)/b9-7-. The van der Waals surface area contributed by atoms with E-state index < -0.39 is 0 Å². The van der Waals surface area contributed by atoms with Gasteiger partial charge in [0.25, 0.3) is 0 Å². The van der Waals surface area contributed by atoms with Crippen LogP contribution < -0.4 is 5.32 Å². The Morgan fingerprint density at radius 1 is 1.50 bits per heavy atom. The summed E-state index contributed by atoms with van der Waals surface area (Å²) in [6, 6.07) is 0. The maximum absolute atomic E-state index is 11.0. The summed E-state index contributed by atoms with van der Waals surface area (Å²) in [4.78, 5) is 11.0. The number of amides is 1. The van der Waals surface area contributed by atoms with Crippen LogP contribution in [-0.2, 0) is 4.79 Å². The first kappa shape index (κ1) is 11.2. The third-order valence-electron chi connectivity index (χ3n) is 1.78. The Morgan fingerprint density at radius 3 is 2.50 bits per heavy atom. The Kier molecular flexibility index (Phi) is 5.43. The fourth-order valence-electron chi connectivity index (χ4n) is 0.923. The molecule has 0 atom stereocenters. The summed E-state index contributed by atoms with van der Waals surface area (Å²) in [5, 5.41) is 2.60. The van der Waals surface area contributed by atoms with E-state index in [9.17, 15) is 4.79 Å². The van der Waals surface area contributed by atoms with Gasteiger partial charge in [-0.05, 0) is 25.7 Å². The van der Waals surface area contributed by atoms with Crippen LogP contribution in [0.1, 0.15) is 33.6 Å². The number of nitrogens with one attached hydrogen (secondary N) is 1. The average molecular weight is 169 g/mol. The molecule has 0 aromatic rings. The second-order valence-electron chi connectivity index (χ2n) is 3.44. The lowest BCUT2D eigenvalue weighted by molar-refractivity contribution is -0.117. The molecule has 0 bridgehead atoms. The summed E-state index contributed by atoms with van der Waals surface area (Å²) in [5.41, 5.74) is 0.818. The lowest BCUT2D eigenvalue weighted by Crippen LogP contribution is -2.18. The lowest BCUT2D eigenvalue weighted by Gasteiger charge is -2.01. The Bertz CT molecular complexity index is 171. The number of rotatable bonds is 4. The number of carbonyl (C=O) groups excluding carboxylic acids is 1. The molecule has 70 valence electrons. The molecule has 0 saturated heterocycles. The van der Waals surface area contributed by atoms with E-state index in [4.69, 9.17) is 0 Å². The summed E-state index contributed by atoms with van der Waals surface area (Å²) in [6.07, 6.45) is 4.14. The number of allylic oxidation sites excluding steroid dienone is 1. The number of likely N-dealkylation sites (N-methyl/N-ethyl adjacent to an activating group) is 1. The summed E-state index contributed by atoms with van der Waals surface area (Å²) in [5.74, 6) is 0.734. The smallest absolute Gasteiger partial charge is 0.246 e. The van der Waals surface area contributed by atoms with Crippen molar-refractivity contribution in [3.63, 3.8) is 0 Å². The minimum absolute atomic E-state index is 0.0266. The van der Waals surface area contributed by atoms with E-state index in [0.717, 1.165) is 18.4 Å². The van der Waals surface area contributed by atoms with E-state index in [1.165, 1.54) is 0 Å². The van der Waals surface area contributed by atoms with E-state index >= 15 is 0 Å². The van der Waals surface area contributed by atoms with E-state index in [2.05, 4.69) is 19.2 Å². The normalized spacial score (nSPS) is 11.9. The van der Waals surface area contributed by atoms with Crippen molar-refractivity contribution in [2.24, 2.45) is 5.92 Å². The molecule has 0 heterocycles. The highest BCUT2D eigenvalue weighted by molar-refractivity contribution is 5.92. The first-order valence-corrected chi connectivity index (χ1v) is 4.46. The first-order valence-electron chi connectivity index (χ1n) is 4.46. The van der Waals surface area contributed by atoms with Gasteiger partial charge in [0.1, 0.15) is 0 Å². The van der Waals surface area contributed by atoms with E-state index in [0.29, 0.717) is 5.92 Å². The van der Waals surface area contributed by atoms with Gasteiger partial charge in [0.2, 0.25) is 5.91 Å². The van der Waals surface area contributed by atoms with Crippen LogP contribution in [0.5, 0.6) is 0 Å².